The lowest BCUT2D eigenvalue weighted by molar-refractivity contribution is -0.135. The molecule has 0 atom stereocenters. The van der Waals surface area contributed by atoms with Crippen molar-refractivity contribution in [2.75, 3.05) is 6.61 Å². The van der Waals surface area contributed by atoms with Gasteiger partial charge in [0.2, 0.25) is 0 Å². The number of benzene rings is 1. The Morgan fingerprint density at radius 1 is 1.09 bits per heavy atom. The van der Waals surface area contributed by atoms with E-state index < -0.39 is 5.97 Å². The second kappa shape index (κ2) is 10.9. The topological polar surface area (TPSA) is 46.5 Å². The fraction of sp³-hybridized carbons (Fsp3) is 0.526. The van der Waals surface area contributed by atoms with Crippen LogP contribution in [0.25, 0.3) is 5.57 Å². The molecule has 1 N–H and O–H groups in total. The summed E-state index contributed by atoms with van der Waals surface area (Å²) in [5.74, 6) is 0.0926. The lowest BCUT2D eigenvalue weighted by Gasteiger charge is -2.09. The molecule has 0 heterocycles. The number of allylic oxidation sites excluding steroid dienone is 1. The molecule has 0 bridgehead atoms. The second-order valence-corrected chi connectivity index (χ2v) is 5.51. The van der Waals surface area contributed by atoms with Gasteiger partial charge in [0, 0.05) is 0 Å². The van der Waals surface area contributed by atoms with E-state index in [1.165, 1.54) is 19.3 Å². The molecule has 1 aromatic carbocycles. The van der Waals surface area contributed by atoms with Crippen molar-refractivity contribution in [1.29, 1.82) is 0 Å². The Kier molecular flexibility index (Phi) is 9.04. The monoisotopic (exact) mass is 304 g/mol. The number of hydrogen-bond donors (Lipinski definition) is 1. The summed E-state index contributed by atoms with van der Waals surface area (Å²) in [5.41, 5.74) is 2.18. The van der Waals surface area contributed by atoms with Crippen LogP contribution in [-0.4, -0.2) is 17.7 Å². The fourth-order valence-corrected chi connectivity index (χ4v) is 2.33. The predicted molar refractivity (Wildman–Crippen MR) is 91.2 cm³/mol. The standard InChI is InChI=1S/C19H28O3/c1-3-5-6-7-15-22-18-12-9-17(10-13-18)16(8-4-2)11-14-19(20)21/h9-13H,3-8,14-15H2,1-2H3,(H,20,21)/b16-11+. The molecule has 0 aromatic heterocycles. The summed E-state index contributed by atoms with van der Waals surface area (Å²) in [4.78, 5) is 10.7. The highest BCUT2D eigenvalue weighted by Gasteiger charge is 2.03. The largest absolute Gasteiger partial charge is 0.494 e. The maximum atomic E-state index is 10.7. The van der Waals surface area contributed by atoms with E-state index in [1.807, 2.05) is 30.3 Å². The molecule has 0 saturated heterocycles. The van der Waals surface area contributed by atoms with Crippen LogP contribution in [0.15, 0.2) is 30.3 Å². The van der Waals surface area contributed by atoms with Crippen LogP contribution in [0.4, 0.5) is 0 Å². The third kappa shape index (κ3) is 7.30. The van der Waals surface area contributed by atoms with Crippen molar-refractivity contribution in [3.8, 4) is 5.75 Å². The summed E-state index contributed by atoms with van der Waals surface area (Å²) >= 11 is 0. The Morgan fingerprint density at radius 3 is 2.41 bits per heavy atom. The molecule has 3 nitrogen and oxygen atoms in total. The van der Waals surface area contributed by atoms with Gasteiger partial charge in [-0.3, -0.25) is 4.79 Å². The molecule has 0 aliphatic carbocycles. The minimum absolute atomic E-state index is 0.0744. The average molecular weight is 304 g/mol. The van der Waals surface area contributed by atoms with Crippen LogP contribution in [0.1, 0.15) is 64.4 Å². The van der Waals surface area contributed by atoms with E-state index in [4.69, 9.17) is 9.84 Å². The van der Waals surface area contributed by atoms with Gasteiger partial charge in [-0.2, -0.15) is 0 Å². The number of aliphatic carboxylic acids is 1. The van der Waals surface area contributed by atoms with E-state index in [0.717, 1.165) is 42.8 Å². The van der Waals surface area contributed by atoms with Crippen molar-refractivity contribution >= 4 is 11.5 Å². The molecule has 0 aliphatic rings. The molecule has 122 valence electrons. The highest BCUT2D eigenvalue weighted by atomic mass is 16.5. The predicted octanol–water partition coefficient (Wildman–Crippen LogP) is 5.30. The Morgan fingerprint density at radius 2 is 1.82 bits per heavy atom. The van der Waals surface area contributed by atoms with Crippen LogP contribution in [0, 0.1) is 0 Å². The number of carboxylic acids is 1. The van der Waals surface area contributed by atoms with Gasteiger partial charge in [-0.05, 0) is 36.1 Å². The summed E-state index contributed by atoms with van der Waals surface area (Å²) in [5, 5.41) is 8.82. The molecule has 0 amide bonds. The minimum atomic E-state index is -0.791. The zero-order valence-electron chi connectivity index (χ0n) is 13.8. The molecule has 3 heteroatoms. The normalized spacial score (nSPS) is 11.5. The quantitative estimate of drug-likeness (QED) is 0.564. The van der Waals surface area contributed by atoms with Crippen LogP contribution in [0.3, 0.4) is 0 Å². The van der Waals surface area contributed by atoms with Gasteiger partial charge < -0.3 is 9.84 Å². The Balaban J connectivity index is 2.57. The van der Waals surface area contributed by atoms with E-state index in [0.29, 0.717) is 0 Å². The SMILES string of the molecule is CCCCCCOc1ccc(/C(=C/CC(=O)O)CCC)cc1. The Bertz CT molecular complexity index is 460. The molecule has 0 unspecified atom stereocenters. The van der Waals surface area contributed by atoms with Crippen molar-refractivity contribution in [3.05, 3.63) is 35.9 Å². The molecule has 0 aliphatic heterocycles. The van der Waals surface area contributed by atoms with Gasteiger partial charge in [0.15, 0.2) is 0 Å². The molecular weight excluding hydrogens is 276 g/mol. The first-order valence-electron chi connectivity index (χ1n) is 8.31. The fourth-order valence-electron chi connectivity index (χ4n) is 2.33. The minimum Gasteiger partial charge on any atom is -0.494 e. The summed E-state index contributed by atoms with van der Waals surface area (Å²) in [6, 6.07) is 7.98. The van der Waals surface area contributed by atoms with Crippen LogP contribution >= 0.6 is 0 Å². The van der Waals surface area contributed by atoms with E-state index in [2.05, 4.69) is 13.8 Å². The lowest BCUT2D eigenvalue weighted by Crippen LogP contribution is -1.97. The van der Waals surface area contributed by atoms with Gasteiger partial charge in [0.05, 0.1) is 13.0 Å². The zero-order valence-corrected chi connectivity index (χ0v) is 13.8. The highest BCUT2D eigenvalue weighted by Crippen LogP contribution is 2.23. The zero-order chi connectivity index (χ0) is 16.2. The molecule has 0 saturated carbocycles. The average Bonchev–Trinajstić information content (AvgIpc) is 2.52. The molecule has 1 aromatic rings. The number of hydrogen-bond acceptors (Lipinski definition) is 2. The van der Waals surface area contributed by atoms with Crippen LogP contribution in [0.5, 0.6) is 5.75 Å². The first-order valence-corrected chi connectivity index (χ1v) is 8.31. The van der Waals surface area contributed by atoms with Gasteiger partial charge in [-0.1, -0.05) is 57.7 Å². The Hall–Kier alpha value is -1.77. The third-order valence-corrected chi connectivity index (χ3v) is 3.53. The number of carboxylic acid groups (broad SMARTS) is 1. The molecule has 0 fully saturated rings. The number of carbonyl (C=O) groups is 1. The third-order valence-electron chi connectivity index (χ3n) is 3.53. The van der Waals surface area contributed by atoms with Gasteiger partial charge in [0.25, 0.3) is 0 Å². The van der Waals surface area contributed by atoms with Crippen LogP contribution < -0.4 is 4.74 Å². The molecular formula is C19H28O3. The summed E-state index contributed by atoms with van der Waals surface area (Å²) in [6.07, 6.45) is 8.58. The first kappa shape index (κ1) is 18.3. The highest BCUT2D eigenvalue weighted by molar-refractivity contribution is 5.74. The molecule has 0 radical (unpaired) electrons. The number of unbranched alkanes of at least 4 members (excludes halogenated alkanes) is 3. The molecule has 0 spiro atoms. The number of rotatable bonds is 11. The van der Waals surface area contributed by atoms with Gasteiger partial charge >= 0.3 is 5.97 Å². The van der Waals surface area contributed by atoms with Crippen molar-refractivity contribution in [1.82, 2.24) is 0 Å². The summed E-state index contributed by atoms with van der Waals surface area (Å²) < 4.78 is 5.73. The Labute approximate surface area is 134 Å². The van der Waals surface area contributed by atoms with Crippen LogP contribution in [-0.2, 0) is 4.79 Å². The second-order valence-electron chi connectivity index (χ2n) is 5.51. The van der Waals surface area contributed by atoms with Crippen molar-refractivity contribution in [2.45, 2.75) is 58.8 Å². The molecule has 1 rings (SSSR count). The van der Waals surface area contributed by atoms with Gasteiger partial charge in [-0.15, -0.1) is 0 Å². The summed E-state index contributed by atoms with van der Waals surface area (Å²) in [7, 11) is 0. The van der Waals surface area contributed by atoms with E-state index >= 15 is 0 Å². The number of ether oxygens (including phenoxy) is 1. The lowest BCUT2D eigenvalue weighted by atomic mass is 10.00. The van der Waals surface area contributed by atoms with Crippen molar-refractivity contribution in [3.63, 3.8) is 0 Å². The van der Waals surface area contributed by atoms with Crippen LogP contribution in [0.2, 0.25) is 0 Å². The van der Waals surface area contributed by atoms with E-state index in [-0.39, 0.29) is 6.42 Å². The first-order chi connectivity index (χ1) is 10.7. The van der Waals surface area contributed by atoms with Gasteiger partial charge in [-0.25, -0.2) is 0 Å². The summed E-state index contributed by atoms with van der Waals surface area (Å²) in [6.45, 7) is 5.06. The van der Waals surface area contributed by atoms with E-state index in [9.17, 15) is 4.79 Å². The maximum absolute atomic E-state index is 10.7. The maximum Gasteiger partial charge on any atom is 0.307 e. The van der Waals surface area contributed by atoms with Gasteiger partial charge in [0.1, 0.15) is 5.75 Å². The van der Waals surface area contributed by atoms with Crippen molar-refractivity contribution in [2.24, 2.45) is 0 Å². The van der Waals surface area contributed by atoms with E-state index in [1.54, 1.807) is 0 Å². The molecule has 22 heavy (non-hydrogen) atoms. The smallest absolute Gasteiger partial charge is 0.307 e. The van der Waals surface area contributed by atoms with Crippen molar-refractivity contribution < 1.29 is 14.6 Å².